The van der Waals surface area contributed by atoms with Crippen LogP contribution in [-0.4, -0.2) is 38.7 Å². The maximum Gasteiger partial charge on any atom is 0.330 e. The topological polar surface area (TPSA) is 108 Å². The van der Waals surface area contributed by atoms with E-state index in [2.05, 4.69) is 46.3 Å². The standard InChI is InChI=1S/C17H12BrF2NO2.C10H10FNO2.C7H4BrFO.CH4/c1-23-17(22)5-2-11-6-14(19)9-15(7-11)21-10-12-3-4-13(18)8-16(12)20;1-14-10(13)3-2-7-4-8(11)6-9(12)5-7;8-6-2-1-5(4-10)7(9)3-6;/h2-10H,1H3;2-6H,12H2,1H3;1-4H;1H4/b5-2+,21-10?;3-2+;;. The van der Waals surface area contributed by atoms with Crippen molar-refractivity contribution in [2.45, 2.75) is 7.43 Å². The quantitative estimate of drug-likeness (QED) is 0.0499. The van der Waals surface area contributed by atoms with Gasteiger partial charge in [-0.1, -0.05) is 39.3 Å². The van der Waals surface area contributed by atoms with Gasteiger partial charge in [-0.2, -0.15) is 0 Å². The molecule has 0 amide bonds. The van der Waals surface area contributed by atoms with E-state index >= 15 is 0 Å². The molecule has 7 nitrogen and oxygen atoms in total. The Balaban J connectivity index is 0.000000392. The second kappa shape index (κ2) is 21.1. The van der Waals surface area contributed by atoms with E-state index in [4.69, 9.17) is 5.73 Å². The number of ether oxygens (including phenoxy) is 2. The van der Waals surface area contributed by atoms with E-state index in [-0.39, 0.29) is 18.6 Å². The first-order valence-corrected chi connectivity index (χ1v) is 14.7. The van der Waals surface area contributed by atoms with E-state index in [9.17, 15) is 31.9 Å². The van der Waals surface area contributed by atoms with E-state index in [1.54, 1.807) is 30.3 Å². The molecule has 252 valence electrons. The summed E-state index contributed by atoms with van der Waals surface area (Å²) in [4.78, 5) is 35.9. The van der Waals surface area contributed by atoms with E-state index < -0.39 is 35.2 Å². The average molecular weight is 794 g/mol. The highest BCUT2D eigenvalue weighted by Gasteiger charge is 2.03. The molecule has 0 aromatic heterocycles. The molecule has 0 bridgehead atoms. The van der Waals surface area contributed by atoms with Crippen LogP contribution in [0.4, 0.5) is 28.9 Å². The molecule has 4 rings (SSSR count). The Bertz CT molecular complexity index is 1790. The molecule has 0 aliphatic rings. The molecule has 0 radical (unpaired) electrons. The van der Waals surface area contributed by atoms with Crippen LogP contribution in [0.2, 0.25) is 0 Å². The van der Waals surface area contributed by atoms with Gasteiger partial charge in [0.2, 0.25) is 0 Å². The van der Waals surface area contributed by atoms with Crippen molar-refractivity contribution in [3.8, 4) is 0 Å². The predicted octanol–water partition coefficient (Wildman–Crippen LogP) is 9.29. The number of methoxy groups -OCH3 is 2. The van der Waals surface area contributed by atoms with Crippen LogP contribution in [0.15, 0.2) is 98.9 Å². The molecule has 0 heterocycles. The summed E-state index contributed by atoms with van der Waals surface area (Å²) in [6, 6.07) is 16.9. The lowest BCUT2D eigenvalue weighted by Gasteiger charge is -2.00. The summed E-state index contributed by atoms with van der Waals surface area (Å²) in [5.74, 6) is -2.92. The van der Waals surface area contributed by atoms with Crippen molar-refractivity contribution in [3.63, 3.8) is 0 Å². The van der Waals surface area contributed by atoms with Gasteiger partial charge < -0.3 is 15.2 Å². The van der Waals surface area contributed by atoms with Gasteiger partial charge in [-0.15, -0.1) is 0 Å². The van der Waals surface area contributed by atoms with Crippen molar-refractivity contribution < 1.29 is 41.4 Å². The number of halogens is 6. The maximum atomic E-state index is 13.7. The highest BCUT2D eigenvalue weighted by molar-refractivity contribution is 9.10. The zero-order chi connectivity index (χ0) is 34.9. The van der Waals surface area contributed by atoms with Crippen molar-refractivity contribution in [1.29, 1.82) is 0 Å². The summed E-state index contributed by atoms with van der Waals surface area (Å²) >= 11 is 6.24. The number of nitrogens with zero attached hydrogens (tertiary/aromatic N) is 1. The van der Waals surface area contributed by atoms with Crippen molar-refractivity contribution in [2.75, 3.05) is 20.0 Å². The third-order valence-electron chi connectivity index (χ3n) is 5.48. The molecule has 0 aliphatic heterocycles. The zero-order valence-electron chi connectivity index (χ0n) is 24.7. The molecule has 4 aromatic carbocycles. The molecule has 0 atom stereocenters. The molecule has 0 saturated carbocycles. The molecule has 2 N–H and O–H groups in total. The lowest BCUT2D eigenvalue weighted by molar-refractivity contribution is -0.135. The van der Waals surface area contributed by atoms with Crippen LogP contribution in [0, 0.1) is 23.3 Å². The first-order chi connectivity index (χ1) is 22.3. The molecule has 0 spiro atoms. The predicted molar refractivity (Wildman–Crippen MR) is 187 cm³/mol. The summed E-state index contributed by atoms with van der Waals surface area (Å²) in [6.45, 7) is 0. The highest BCUT2D eigenvalue weighted by Crippen LogP contribution is 2.20. The number of esters is 2. The monoisotopic (exact) mass is 792 g/mol. The number of hydrogen-bond acceptors (Lipinski definition) is 7. The Morgan fingerprint density at radius 3 is 1.65 bits per heavy atom. The molecule has 0 unspecified atom stereocenters. The van der Waals surface area contributed by atoms with Crippen LogP contribution in [0.5, 0.6) is 0 Å². The largest absolute Gasteiger partial charge is 0.466 e. The van der Waals surface area contributed by atoms with Gasteiger partial charge in [-0.3, -0.25) is 9.79 Å². The third kappa shape index (κ3) is 15.1. The van der Waals surface area contributed by atoms with Gasteiger partial charge >= 0.3 is 11.9 Å². The van der Waals surface area contributed by atoms with Crippen LogP contribution in [-0.2, 0) is 19.1 Å². The number of aliphatic imine (C=N–C) groups is 1. The highest BCUT2D eigenvalue weighted by atomic mass is 79.9. The van der Waals surface area contributed by atoms with E-state index in [1.807, 2.05) is 0 Å². The van der Waals surface area contributed by atoms with Gasteiger partial charge in [0.25, 0.3) is 0 Å². The minimum Gasteiger partial charge on any atom is -0.466 e. The van der Waals surface area contributed by atoms with E-state index in [1.165, 1.54) is 87.2 Å². The third-order valence-corrected chi connectivity index (χ3v) is 6.46. The second-order valence-corrected chi connectivity index (χ2v) is 10.8. The number of carbonyl (C=O) groups excluding carboxylic acids is 3. The SMILES string of the molecule is C.COC(=O)/C=C/c1cc(F)cc(N=Cc2ccc(Br)cc2F)c1.COC(=O)/C=C/c1cc(N)cc(F)c1.O=Cc1ccc(Br)cc1F. The van der Waals surface area contributed by atoms with Gasteiger partial charge in [-0.25, -0.2) is 27.2 Å². The number of hydrogen-bond donors (Lipinski definition) is 1. The number of aldehydes is 1. The number of benzene rings is 4. The van der Waals surface area contributed by atoms with Gasteiger partial charge in [0.05, 0.1) is 25.5 Å². The molecule has 48 heavy (non-hydrogen) atoms. The van der Waals surface area contributed by atoms with Crippen molar-refractivity contribution in [2.24, 2.45) is 4.99 Å². The normalized spacial score (nSPS) is 10.4. The minimum absolute atomic E-state index is 0. The Morgan fingerprint density at radius 1 is 0.708 bits per heavy atom. The Hall–Kier alpha value is -4.88. The van der Waals surface area contributed by atoms with Crippen LogP contribution >= 0.6 is 31.9 Å². The Labute approximate surface area is 292 Å². The van der Waals surface area contributed by atoms with Crippen LogP contribution in [0.1, 0.15) is 34.5 Å². The lowest BCUT2D eigenvalue weighted by atomic mass is 10.1. The summed E-state index contributed by atoms with van der Waals surface area (Å²) in [7, 11) is 2.52. The molecule has 13 heteroatoms. The lowest BCUT2D eigenvalue weighted by Crippen LogP contribution is -1.93. The fourth-order valence-corrected chi connectivity index (χ4v) is 3.98. The van der Waals surface area contributed by atoms with Gasteiger partial charge in [0.1, 0.15) is 23.3 Å². The van der Waals surface area contributed by atoms with Gasteiger partial charge in [-0.05, 0) is 96.1 Å². The van der Waals surface area contributed by atoms with Crippen molar-refractivity contribution >= 4 is 79.8 Å². The molecule has 0 fully saturated rings. The minimum atomic E-state index is -0.545. The van der Waals surface area contributed by atoms with Crippen molar-refractivity contribution in [3.05, 3.63) is 139 Å². The molecular formula is C35H30Br2F4N2O5. The number of rotatable bonds is 7. The summed E-state index contributed by atoms with van der Waals surface area (Å²) in [5, 5.41) is 0. The van der Waals surface area contributed by atoms with E-state index in [0.29, 0.717) is 37.7 Å². The maximum absolute atomic E-state index is 13.7. The summed E-state index contributed by atoms with van der Waals surface area (Å²) in [5.41, 5.74) is 7.36. The zero-order valence-corrected chi connectivity index (χ0v) is 27.9. The second-order valence-electron chi connectivity index (χ2n) is 8.98. The smallest absolute Gasteiger partial charge is 0.330 e. The van der Waals surface area contributed by atoms with Gasteiger partial charge in [0.15, 0.2) is 6.29 Å². The molecule has 0 aliphatic carbocycles. The van der Waals surface area contributed by atoms with Crippen LogP contribution in [0.25, 0.3) is 12.2 Å². The average Bonchev–Trinajstić information content (AvgIpc) is 3.02. The fourth-order valence-electron chi connectivity index (χ4n) is 3.31. The molecule has 4 aromatic rings. The number of carbonyl (C=O) groups is 3. The molecular weight excluding hydrogens is 764 g/mol. The fraction of sp³-hybridized carbons (Fsp3) is 0.0857. The van der Waals surface area contributed by atoms with Crippen LogP contribution < -0.4 is 5.73 Å². The summed E-state index contributed by atoms with van der Waals surface area (Å²) in [6.07, 6.45) is 7.02. The first-order valence-electron chi connectivity index (χ1n) is 13.1. The Morgan fingerprint density at radius 2 is 1.19 bits per heavy atom. The van der Waals surface area contributed by atoms with E-state index in [0.717, 1.165) is 0 Å². The number of nitrogen functional groups attached to an aromatic ring is 1. The van der Waals surface area contributed by atoms with Crippen molar-refractivity contribution in [1.82, 2.24) is 0 Å². The first kappa shape index (κ1) is 41.1. The van der Waals surface area contributed by atoms with Gasteiger partial charge in [0, 0.05) is 38.6 Å². The molecule has 0 saturated heterocycles. The van der Waals surface area contributed by atoms with Crippen LogP contribution in [0.3, 0.4) is 0 Å². The Kier molecular flexibility index (Phi) is 18.1. The number of nitrogens with two attached hydrogens (primary N) is 1. The number of anilines is 1. The summed E-state index contributed by atoms with van der Waals surface area (Å²) < 4.78 is 62.8.